The summed E-state index contributed by atoms with van der Waals surface area (Å²) in [5.74, 6) is 2.43. The summed E-state index contributed by atoms with van der Waals surface area (Å²) in [5, 5.41) is 9.91. The van der Waals surface area contributed by atoms with Crippen LogP contribution in [0.1, 0.15) is 30.4 Å². The van der Waals surface area contributed by atoms with Crippen molar-refractivity contribution < 1.29 is 18.9 Å². The minimum absolute atomic E-state index is 0.352. The van der Waals surface area contributed by atoms with Gasteiger partial charge in [0.15, 0.2) is 23.0 Å². The molecule has 0 radical (unpaired) electrons. The van der Waals surface area contributed by atoms with Crippen molar-refractivity contribution in [2.75, 3.05) is 35.0 Å². The highest BCUT2D eigenvalue weighted by molar-refractivity contribution is 6.34. The van der Waals surface area contributed by atoms with Crippen molar-refractivity contribution in [1.29, 1.82) is 5.26 Å². The van der Waals surface area contributed by atoms with Crippen molar-refractivity contribution in [2.45, 2.75) is 19.3 Å². The second-order valence-electron chi connectivity index (χ2n) is 6.87. The quantitative estimate of drug-likeness (QED) is 0.189. The zero-order chi connectivity index (χ0) is 23.3. The molecule has 0 spiro atoms. The van der Waals surface area contributed by atoms with Crippen molar-refractivity contribution in [3.8, 4) is 29.1 Å². The monoisotopic (exact) mass is 434 g/mol. The number of nitrogens with zero attached hydrogens (tertiary/aromatic N) is 2. The Bertz CT molecular complexity index is 1020. The molecule has 0 amide bonds. The van der Waals surface area contributed by atoms with Crippen molar-refractivity contribution in [1.82, 2.24) is 0 Å². The van der Waals surface area contributed by atoms with Gasteiger partial charge in [0.05, 0.1) is 28.4 Å². The van der Waals surface area contributed by atoms with Crippen molar-refractivity contribution in [3.05, 3.63) is 60.2 Å². The highest BCUT2D eigenvalue weighted by atomic mass is 16.5. The molecule has 2 rings (SSSR count). The van der Waals surface area contributed by atoms with E-state index >= 15 is 0 Å². The van der Waals surface area contributed by atoms with Gasteiger partial charge in [-0.3, -0.25) is 4.99 Å². The second kappa shape index (κ2) is 12.9. The molecule has 6 nitrogen and oxygen atoms in total. The summed E-state index contributed by atoms with van der Waals surface area (Å²) in [4.78, 5) is 4.59. The van der Waals surface area contributed by atoms with Gasteiger partial charge in [0, 0.05) is 12.1 Å². The van der Waals surface area contributed by atoms with Crippen LogP contribution in [-0.4, -0.2) is 40.7 Å². The predicted octanol–water partition coefficient (Wildman–Crippen LogP) is 5.58. The van der Waals surface area contributed by atoms with Crippen LogP contribution in [0, 0.1) is 11.3 Å². The van der Waals surface area contributed by atoms with Gasteiger partial charge in [-0.25, -0.2) is 0 Å². The average Bonchev–Trinajstić information content (AvgIpc) is 2.84. The normalized spacial score (nSPS) is 11.5. The van der Waals surface area contributed by atoms with E-state index in [2.05, 4.69) is 17.6 Å². The molecule has 0 aromatic heterocycles. The molecule has 0 bridgehead atoms. The SMILES string of the molecule is C=CCCCCN=C(C#N)/C(=C/c1ccc(OC)c(OC)c1)c1ccc(OC)c(OC)c1. The van der Waals surface area contributed by atoms with E-state index in [0.29, 0.717) is 40.8 Å². The molecule has 0 unspecified atom stereocenters. The molecule has 0 heterocycles. The van der Waals surface area contributed by atoms with Gasteiger partial charge in [0.1, 0.15) is 11.8 Å². The lowest BCUT2D eigenvalue weighted by Gasteiger charge is -2.13. The maximum atomic E-state index is 9.91. The van der Waals surface area contributed by atoms with Crippen LogP contribution in [0.5, 0.6) is 23.0 Å². The molecule has 0 saturated carbocycles. The summed E-state index contributed by atoms with van der Waals surface area (Å²) in [6.45, 7) is 4.31. The van der Waals surface area contributed by atoms with Gasteiger partial charge >= 0.3 is 0 Å². The highest BCUT2D eigenvalue weighted by Crippen LogP contribution is 2.33. The fraction of sp³-hybridized carbons (Fsp3) is 0.308. The molecule has 0 fully saturated rings. The molecule has 0 aliphatic rings. The number of unbranched alkanes of at least 4 members (excludes halogenated alkanes) is 2. The van der Waals surface area contributed by atoms with E-state index in [4.69, 9.17) is 18.9 Å². The van der Waals surface area contributed by atoms with Gasteiger partial charge < -0.3 is 18.9 Å². The maximum Gasteiger partial charge on any atom is 0.161 e. The van der Waals surface area contributed by atoms with Gasteiger partial charge in [0.2, 0.25) is 0 Å². The van der Waals surface area contributed by atoms with Crippen LogP contribution < -0.4 is 18.9 Å². The van der Waals surface area contributed by atoms with Gasteiger partial charge in [-0.1, -0.05) is 18.2 Å². The Hall–Kier alpha value is -3.72. The fourth-order valence-corrected chi connectivity index (χ4v) is 3.17. The molecule has 168 valence electrons. The number of nitriles is 1. The summed E-state index contributed by atoms with van der Waals surface area (Å²) in [5.41, 5.74) is 2.68. The molecule has 2 aromatic carbocycles. The maximum absolute atomic E-state index is 9.91. The van der Waals surface area contributed by atoms with E-state index in [1.165, 1.54) is 0 Å². The van der Waals surface area contributed by atoms with Gasteiger partial charge in [-0.05, 0) is 60.7 Å². The molecule has 6 heteroatoms. The largest absolute Gasteiger partial charge is 0.493 e. The first-order chi connectivity index (χ1) is 15.6. The molecule has 0 N–H and O–H groups in total. The third-order valence-electron chi connectivity index (χ3n) is 4.86. The zero-order valence-corrected chi connectivity index (χ0v) is 19.2. The number of rotatable bonds is 12. The minimum atomic E-state index is 0.352. The zero-order valence-electron chi connectivity index (χ0n) is 19.2. The fourth-order valence-electron chi connectivity index (χ4n) is 3.17. The van der Waals surface area contributed by atoms with Gasteiger partial charge in [-0.2, -0.15) is 5.26 Å². The molecule has 2 aromatic rings. The Labute approximate surface area is 190 Å². The molecule has 32 heavy (non-hydrogen) atoms. The Kier molecular flexibility index (Phi) is 9.86. The van der Waals surface area contributed by atoms with E-state index < -0.39 is 0 Å². The number of hydrogen-bond acceptors (Lipinski definition) is 6. The molecular weight excluding hydrogens is 404 g/mol. The number of hydrogen-bond donors (Lipinski definition) is 0. The number of allylic oxidation sites excluding steroid dienone is 2. The third-order valence-corrected chi connectivity index (χ3v) is 4.86. The van der Waals surface area contributed by atoms with E-state index in [-0.39, 0.29) is 0 Å². The molecule has 0 atom stereocenters. The number of benzene rings is 2. The van der Waals surface area contributed by atoms with Crippen molar-refractivity contribution in [3.63, 3.8) is 0 Å². The summed E-state index contributed by atoms with van der Waals surface area (Å²) in [6.07, 6.45) is 6.60. The van der Waals surface area contributed by atoms with Gasteiger partial charge in [-0.15, -0.1) is 6.58 Å². The van der Waals surface area contributed by atoms with Crippen LogP contribution in [0.3, 0.4) is 0 Å². The predicted molar refractivity (Wildman–Crippen MR) is 129 cm³/mol. The smallest absolute Gasteiger partial charge is 0.161 e. The Morgan fingerprint density at radius 3 is 2.12 bits per heavy atom. The van der Waals surface area contributed by atoms with E-state index in [1.54, 1.807) is 28.4 Å². The van der Waals surface area contributed by atoms with Crippen LogP contribution in [0.4, 0.5) is 0 Å². The molecule has 0 aliphatic carbocycles. The average molecular weight is 435 g/mol. The third kappa shape index (κ3) is 6.39. The Morgan fingerprint density at radius 2 is 1.53 bits per heavy atom. The summed E-state index contributed by atoms with van der Waals surface area (Å²) in [7, 11) is 6.35. The topological polar surface area (TPSA) is 73.1 Å². The van der Waals surface area contributed by atoms with Crippen LogP contribution in [0.2, 0.25) is 0 Å². The first kappa shape index (κ1) is 24.5. The van der Waals surface area contributed by atoms with E-state index in [9.17, 15) is 5.26 Å². The van der Waals surface area contributed by atoms with Crippen molar-refractivity contribution >= 4 is 17.4 Å². The van der Waals surface area contributed by atoms with Crippen LogP contribution in [0.15, 0.2) is 54.0 Å². The molecular formula is C26H30N2O4. The molecule has 0 saturated heterocycles. The van der Waals surface area contributed by atoms with Crippen LogP contribution in [-0.2, 0) is 0 Å². The standard InChI is InChI=1S/C26H30N2O4/c1-6-7-8-9-14-28-22(18-27)21(20-11-13-24(30-3)26(17-20)32-5)15-19-10-12-23(29-2)25(16-19)31-4/h6,10-13,15-17H,1,7-9,14H2,2-5H3/b21-15+,28-22?. The lowest BCUT2D eigenvalue weighted by molar-refractivity contribution is 0.355. The Balaban J connectivity index is 2.56. The first-order valence-electron chi connectivity index (χ1n) is 10.3. The Morgan fingerprint density at radius 1 is 0.906 bits per heavy atom. The van der Waals surface area contributed by atoms with E-state index in [1.807, 2.05) is 48.6 Å². The first-order valence-corrected chi connectivity index (χ1v) is 10.3. The van der Waals surface area contributed by atoms with Gasteiger partial charge in [0.25, 0.3) is 0 Å². The van der Waals surface area contributed by atoms with Crippen molar-refractivity contribution in [2.24, 2.45) is 4.99 Å². The summed E-state index contributed by atoms with van der Waals surface area (Å²) < 4.78 is 21.6. The lowest BCUT2D eigenvalue weighted by atomic mass is 9.98. The number of ether oxygens (including phenoxy) is 4. The summed E-state index contributed by atoms with van der Waals surface area (Å²) in [6, 6.07) is 13.4. The van der Waals surface area contributed by atoms with Crippen LogP contribution in [0.25, 0.3) is 11.6 Å². The number of aliphatic imine (C=N–C) groups is 1. The lowest BCUT2D eigenvalue weighted by Crippen LogP contribution is -2.02. The van der Waals surface area contributed by atoms with Crippen LogP contribution >= 0.6 is 0 Å². The minimum Gasteiger partial charge on any atom is -0.493 e. The van der Waals surface area contributed by atoms with E-state index in [0.717, 1.165) is 30.4 Å². The highest BCUT2D eigenvalue weighted by Gasteiger charge is 2.14. The molecule has 0 aliphatic heterocycles. The second-order valence-corrected chi connectivity index (χ2v) is 6.87. The number of methoxy groups -OCH3 is 4. The summed E-state index contributed by atoms with van der Waals surface area (Å²) >= 11 is 0.